The first-order valence-electron chi connectivity index (χ1n) is 6.40. The molecule has 0 aliphatic heterocycles. The highest BCUT2D eigenvalue weighted by molar-refractivity contribution is 5.79. The van der Waals surface area contributed by atoms with Gasteiger partial charge in [-0.2, -0.15) is 0 Å². The number of aliphatic hydroxyl groups is 1. The highest BCUT2D eigenvalue weighted by Gasteiger charge is 2.17. The molecule has 0 aliphatic carbocycles. The number of rotatable bonds is 7. The fourth-order valence-corrected chi connectivity index (χ4v) is 1.92. The first-order valence-corrected chi connectivity index (χ1v) is 6.40. The van der Waals surface area contributed by atoms with E-state index in [-0.39, 0.29) is 11.7 Å². The van der Waals surface area contributed by atoms with Crippen LogP contribution in [0, 0.1) is 5.92 Å². The van der Waals surface area contributed by atoms with Crippen molar-refractivity contribution < 1.29 is 24.9 Å². The Morgan fingerprint density at radius 3 is 2.70 bits per heavy atom. The third kappa shape index (κ3) is 4.59. The molecule has 0 saturated carbocycles. The highest BCUT2D eigenvalue weighted by atomic mass is 16.5. The summed E-state index contributed by atoms with van der Waals surface area (Å²) in [5, 5.41) is 28.3. The molecule has 0 saturated heterocycles. The van der Waals surface area contributed by atoms with E-state index in [0.717, 1.165) is 6.08 Å². The molecular formula is C15H20O5. The Morgan fingerprint density at radius 1 is 1.45 bits per heavy atom. The van der Waals surface area contributed by atoms with Crippen molar-refractivity contribution in [2.45, 2.75) is 25.9 Å². The second-order valence-electron chi connectivity index (χ2n) is 4.67. The van der Waals surface area contributed by atoms with Crippen LogP contribution < -0.4 is 4.74 Å². The largest absolute Gasteiger partial charge is 0.504 e. The van der Waals surface area contributed by atoms with Gasteiger partial charge in [-0.05, 0) is 36.5 Å². The van der Waals surface area contributed by atoms with Gasteiger partial charge in [0.05, 0.1) is 13.2 Å². The van der Waals surface area contributed by atoms with Gasteiger partial charge in [0.15, 0.2) is 11.5 Å². The number of methoxy groups -OCH3 is 1. The number of allylic oxidation sites excluding steroid dienone is 1. The molecule has 0 radical (unpaired) electrons. The van der Waals surface area contributed by atoms with Crippen LogP contribution in [0.4, 0.5) is 0 Å². The van der Waals surface area contributed by atoms with Crippen molar-refractivity contribution >= 4 is 5.97 Å². The number of benzene rings is 1. The Morgan fingerprint density at radius 2 is 2.15 bits per heavy atom. The molecule has 0 amide bonds. The maximum atomic E-state index is 10.3. The highest BCUT2D eigenvalue weighted by Crippen LogP contribution is 2.32. The van der Waals surface area contributed by atoms with Crippen LogP contribution in [0.3, 0.4) is 0 Å². The molecule has 5 nitrogen and oxygen atoms in total. The molecule has 1 aromatic rings. The Balaban J connectivity index is 2.62. The minimum Gasteiger partial charge on any atom is -0.504 e. The van der Waals surface area contributed by atoms with E-state index in [4.69, 9.17) is 9.84 Å². The van der Waals surface area contributed by atoms with Gasteiger partial charge < -0.3 is 20.1 Å². The summed E-state index contributed by atoms with van der Waals surface area (Å²) in [5.41, 5.74) is 0.609. The monoisotopic (exact) mass is 280 g/mol. The third-order valence-corrected chi connectivity index (χ3v) is 3.13. The SMILES string of the molecule is COc1ccc([C@H](O)[C@H](C)CC/C=C/C(=O)O)cc1O. The fraction of sp³-hybridized carbons (Fsp3) is 0.400. The van der Waals surface area contributed by atoms with Crippen molar-refractivity contribution in [3.8, 4) is 11.5 Å². The molecule has 1 rings (SSSR count). The summed E-state index contributed by atoms with van der Waals surface area (Å²) in [6, 6.07) is 4.78. The van der Waals surface area contributed by atoms with Crippen LogP contribution in [-0.4, -0.2) is 28.4 Å². The third-order valence-electron chi connectivity index (χ3n) is 3.13. The van der Waals surface area contributed by atoms with Gasteiger partial charge in [-0.25, -0.2) is 4.79 Å². The predicted octanol–water partition coefficient (Wildman–Crippen LogP) is 2.49. The summed E-state index contributed by atoms with van der Waals surface area (Å²) < 4.78 is 4.95. The topological polar surface area (TPSA) is 87.0 Å². The minimum atomic E-state index is -0.974. The Labute approximate surface area is 118 Å². The van der Waals surface area contributed by atoms with Crippen molar-refractivity contribution in [3.63, 3.8) is 0 Å². The van der Waals surface area contributed by atoms with Crippen LogP contribution in [0.15, 0.2) is 30.4 Å². The predicted molar refractivity (Wildman–Crippen MR) is 74.8 cm³/mol. The lowest BCUT2D eigenvalue weighted by Gasteiger charge is -2.19. The number of carboxylic acid groups (broad SMARTS) is 1. The van der Waals surface area contributed by atoms with Gasteiger partial charge in [-0.1, -0.05) is 19.1 Å². The molecule has 0 unspecified atom stereocenters. The molecule has 0 fully saturated rings. The van der Waals surface area contributed by atoms with Gasteiger partial charge in [0.2, 0.25) is 0 Å². The number of aliphatic carboxylic acids is 1. The number of carboxylic acids is 1. The van der Waals surface area contributed by atoms with E-state index < -0.39 is 12.1 Å². The van der Waals surface area contributed by atoms with E-state index in [1.54, 1.807) is 18.2 Å². The van der Waals surface area contributed by atoms with Gasteiger partial charge in [0.1, 0.15) is 0 Å². The van der Waals surface area contributed by atoms with E-state index in [1.165, 1.54) is 13.2 Å². The number of aromatic hydroxyl groups is 1. The van der Waals surface area contributed by atoms with Gasteiger partial charge in [0, 0.05) is 6.08 Å². The summed E-state index contributed by atoms with van der Waals surface area (Å²) in [4.78, 5) is 10.3. The van der Waals surface area contributed by atoms with E-state index in [9.17, 15) is 15.0 Å². The van der Waals surface area contributed by atoms with E-state index in [0.29, 0.717) is 24.2 Å². The molecule has 5 heteroatoms. The first-order chi connectivity index (χ1) is 9.45. The summed E-state index contributed by atoms with van der Waals surface area (Å²) in [5.74, 6) is -0.681. The number of hydrogen-bond donors (Lipinski definition) is 3. The lowest BCUT2D eigenvalue weighted by Crippen LogP contribution is -2.09. The fourth-order valence-electron chi connectivity index (χ4n) is 1.92. The molecule has 3 N–H and O–H groups in total. The van der Waals surface area contributed by atoms with Gasteiger partial charge >= 0.3 is 5.97 Å². The molecule has 20 heavy (non-hydrogen) atoms. The molecule has 0 bridgehead atoms. The van der Waals surface area contributed by atoms with Crippen LogP contribution in [-0.2, 0) is 4.79 Å². The van der Waals surface area contributed by atoms with Crippen molar-refractivity contribution in [2.24, 2.45) is 5.92 Å². The number of phenolic OH excluding ortho intramolecular Hbond substituents is 1. The molecule has 0 aromatic heterocycles. The van der Waals surface area contributed by atoms with Gasteiger partial charge in [-0.3, -0.25) is 0 Å². The molecule has 2 atom stereocenters. The van der Waals surface area contributed by atoms with Crippen LogP contribution in [0.2, 0.25) is 0 Å². The summed E-state index contributed by atoms with van der Waals surface area (Å²) in [6.07, 6.45) is 3.17. The van der Waals surface area contributed by atoms with Gasteiger partial charge in [0.25, 0.3) is 0 Å². The standard InChI is InChI=1S/C15H20O5/c1-10(5-3-4-6-14(17)18)15(19)11-7-8-13(20-2)12(16)9-11/h4,6-10,15-16,19H,3,5H2,1-2H3,(H,17,18)/b6-4+/t10-,15-/m1/s1. The zero-order valence-corrected chi connectivity index (χ0v) is 11.6. The van der Waals surface area contributed by atoms with Crippen molar-refractivity contribution in [1.29, 1.82) is 0 Å². The lowest BCUT2D eigenvalue weighted by atomic mass is 9.93. The normalized spacial score (nSPS) is 14.2. The van der Waals surface area contributed by atoms with E-state index in [1.807, 2.05) is 6.92 Å². The number of phenols is 1. The van der Waals surface area contributed by atoms with Crippen LogP contribution in [0.25, 0.3) is 0 Å². The van der Waals surface area contributed by atoms with E-state index in [2.05, 4.69) is 0 Å². The maximum absolute atomic E-state index is 10.3. The lowest BCUT2D eigenvalue weighted by molar-refractivity contribution is -0.131. The molecular weight excluding hydrogens is 260 g/mol. The Bertz CT molecular complexity index is 481. The van der Waals surface area contributed by atoms with Gasteiger partial charge in [-0.15, -0.1) is 0 Å². The van der Waals surface area contributed by atoms with Crippen LogP contribution >= 0.6 is 0 Å². The first kappa shape index (κ1) is 16.0. The Kier molecular flexibility index (Phi) is 6.06. The van der Waals surface area contributed by atoms with Crippen LogP contribution in [0.5, 0.6) is 11.5 Å². The summed E-state index contributed by atoms with van der Waals surface area (Å²) >= 11 is 0. The Hall–Kier alpha value is -2.01. The smallest absolute Gasteiger partial charge is 0.327 e. The number of carbonyl (C=O) groups is 1. The molecule has 0 spiro atoms. The molecule has 0 aliphatic rings. The van der Waals surface area contributed by atoms with Crippen molar-refractivity contribution in [3.05, 3.63) is 35.9 Å². The van der Waals surface area contributed by atoms with Crippen LogP contribution in [0.1, 0.15) is 31.4 Å². The molecule has 110 valence electrons. The second-order valence-corrected chi connectivity index (χ2v) is 4.67. The molecule has 0 heterocycles. The average molecular weight is 280 g/mol. The second kappa shape index (κ2) is 7.55. The zero-order chi connectivity index (χ0) is 15.1. The van der Waals surface area contributed by atoms with Crippen molar-refractivity contribution in [2.75, 3.05) is 7.11 Å². The summed E-state index contributed by atoms with van der Waals surface area (Å²) in [6.45, 7) is 1.88. The number of hydrogen-bond acceptors (Lipinski definition) is 4. The number of ether oxygens (including phenoxy) is 1. The quantitative estimate of drug-likeness (QED) is 0.668. The van der Waals surface area contributed by atoms with E-state index >= 15 is 0 Å². The maximum Gasteiger partial charge on any atom is 0.327 e. The number of aliphatic hydroxyl groups excluding tert-OH is 1. The summed E-state index contributed by atoms with van der Waals surface area (Å²) in [7, 11) is 1.46. The van der Waals surface area contributed by atoms with Crippen molar-refractivity contribution in [1.82, 2.24) is 0 Å². The zero-order valence-electron chi connectivity index (χ0n) is 11.6. The average Bonchev–Trinajstić information content (AvgIpc) is 2.42. The minimum absolute atomic E-state index is 0.0120. The molecule has 1 aromatic carbocycles.